The fraction of sp³-hybridized carbons (Fsp3) is 0.263. The van der Waals surface area contributed by atoms with Crippen LogP contribution in [-0.2, 0) is 19.1 Å². The number of cyclic esters (lactones) is 2. The number of aryl methyl sites for hydroxylation is 1. The van der Waals surface area contributed by atoms with E-state index < -0.39 is 22.6 Å². The lowest BCUT2D eigenvalue weighted by molar-refractivity contribution is -0.384. The Kier molecular flexibility index (Phi) is 4.35. The van der Waals surface area contributed by atoms with Crippen molar-refractivity contribution in [1.82, 2.24) is 4.57 Å². The van der Waals surface area contributed by atoms with E-state index in [0.717, 1.165) is 5.69 Å². The average Bonchev–Trinajstić information content (AvgIpc) is 2.84. The van der Waals surface area contributed by atoms with Gasteiger partial charge in [-0.05, 0) is 37.6 Å². The first-order valence-corrected chi connectivity index (χ1v) is 8.21. The van der Waals surface area contributed by atoms with E-state index in [1.165, 1.54) is 32.1 Å². The number of rotatable bonds is 3. The maximum atomic E-state index is 12.1. The normalized spacial score (nSPS) is 15.9. The molecule has 140 valence electrons. The van der Waals surface area contributed by atoms with Gasteiger partial charge in [-0.2, -0.15) is 0 Å². The van der Waals surface area contributed by atoms with Gasteiger partial charge in [-0.1, -0.05) is 6.07 Å². The van der Waals surface area contributed by atoms with Crippen molar-refractivity contribution in [3.63, 3.8) is 0 Å². The highest BCUT2D eigenvalue weighted by atomic mass is 16.7. The van der Waals surface area contributed by atoms with Crippen molar-refractivity contribution in [3.8, 4) is 5.69 Å². The molecule has 0 saturated carbocycles. The number of aromatic nitrogens is 1. The predicted molar refractivity (Wildman–Crippen MR) is 96.1 cm³/mol. The molecule has 0 N–H and O–H groups in total. The van der Waals surface area contributed by atoms with Crippen LogP contribution in [0.25, 0.3) is 11.8 Å². The van der Waals surface area contributed by atoms with Gasteiger partial charge in [0.05, 0.1) is 10.6 Å². The van der Waals surface area contributed by atoms with Crippen molar-refractivity contribution in [2.75, 3.05) is 0 Å². The van der Waals surface area contributed by atoms with Crippen molar-refractivity contribution < 1.29 is 24.0 Å². The minimum absolute atomic E-state index is 0.0263. The van der Waals surface area contributed by atoms with Crippen LogP contribution in [0.4, 0.5) is 5.69 Å². The lowest BCUT2D eigenvalue weighted by atomic mass is 10.1. The number of non-ortho nitro benzene ring substituents is 1. The number of nitro benzene ring substituents is 1. The minimum Gasteiger partial charge on any atom is -0.419 e. The molecule has 3 rings (SSSR count). The van der Waals surface area contributed by atoms with E-state index in [0.29, 0.717) is 16.9 Å². The number of carbonyl (C=O) groups excluding carboxylic acids is 2. The molecule has 0 aliphatic carbocycles. The Hall–Kier alpha value is -3.42. The number of hydrogen-bond acceptors (Lipinski definition) is 6. The third kappa shape index (κ3) is 3.46. The van der Waals surface area contributed by atoms with Gasteiger partial charge in [0.15, 0.2) is 0 Å². The molecular formula is C19H18N2O6. The second-order valence-electron chi connectivity index (χ2n) is 6.68. The summed E-state index contributed by atoms with van der Waals surface area (Å²) in [6.45, 7) is 6.58. The molecular weight excluding hydrogens is 352 g/mol. The highest BCUT2D eigenvalue weighted by molar-refractivity contribution is 6.18. The Morgan fingerprint density at radius 2 is 1.74 bits per heavy atom. The Morgan fingerprint density at radius 3 is 2.33 bits per heavy atom. The van der Waals surface area contributed by atoms with E-state index in [4.69, 9.17) is 9.47 Å². The second kappa shape index (κ2) is 6.39. The average molecular weight is 370 g/mol. The first kappa shape index (κ1) is 18.4. The highest BCUT2D eigenvalue weighted by Gasteiger charge is 2.39. The zero-order chi connectivity index (χ0) is 19.9. The van der Waals surface area contributed by atoms with Crippen LogP contribution in [0.15, 0.2) is 35.9 Å². The summed E-state index contributed by atoms with van der Waals surface area (Å²) in [5.74, 6) is -2.81. The summed E-state index contributed by atoms with van der Waals surface area (Å²) >= 11 is 0. The number of carbonyl (C=O) groups is 2. The summed E-state index contributed by atoms with van der Waals surface area (Å²) in [7, 11) is 0. The molecule has 1 saturated heterocycles. The summed E-state index contributed by atoms with van der Waals surface area (Å²) in [6, 6.07) is 8.00. The summed E-state index contributed by atoms with van der Waals surface area (Å²) in [5, 5.41) is 11.0. The predicted octanol–water partition coefficient (Wildman–Crippen LogP) is 3.22. The van der Waals surface area contributed by atoms with Crippen LogP contribution in [0.1, 0.15) is 30.8 Å². The van der Waals surface area contributed by atoms with Crippen molar-refractivity contribution in [2.24, 2.45) is 0 Å². The van der Waals surface area contributed by atoms with E-state index >= 15 is 0 Å². The topological polar surface area (TPSA) is 101 Å². The largest absolute Gasteiger partial charge is 0.419 e. The third-order valence-electron chi connectivity index (χ3n) is 4.19. The van der Waals surface area contributed by atoms with Gasteiger partial charge in [-0.15, -0.1) is 0 Å². The molecule has 1 fully saturated rings. The van der Waals surface area contributed by atoms with Gasteiger partial charge < -0.3 is 14.0 Å². The molecule has 0 atom stereocenters. The van der Waals surface area contributed by atoms with E-state index in [2.05, 4.69) is 0 Å². The van der Waals surface area contributed by atoms with E-state index in [1.807, 2.05) is 11.5 Å². The number of nitrogens with zero attached hydrogens (tertiary/aromatic N) is 2. The van der Waals surface area contributed by atoms with Gasteiger partial charge >= 0.3 is 11.9 Å². The van der Waals surface area contributed by atoms with E-state index in [-0.39, 0.29) is 11.3 Å². The molecule has 0 bridgehead atoms. The second-order valence-corrected chi connectivity index (χ2v) is 6.68. The first-order chi connectivity index (χ1) is 12.6. The molecule has 1 aliphatic heterocycles. The van der Waals surface area contributed by atoms with E-state index in [9.17, 15) is 19.7 Å². The maximum absolute atomic E-state index is 12.1. The Bertz CT molecular complexity index is 978. The van der Waals surface area contributed by atoms with Crippen LogP contribution in [0.2, 0.25) is 0 Å². The fourth-order valence-corrected chi connectivity index (χ4v) is 3.01. The Balaban J connectivity index is 2.05. The summed E-state index contributed by atoms with van der Waals surface area (Å²) in [5.41, 5.74) is 2.50. The van der Waals surface area contributed by atoms with Crippen molar-refractivity contribution in [2.45, 2.75) is 33.5 Å². The molecule has 2 aromatic rings. The summed E-state index contributed by atoms with van der Waals surface area (Å²) in [4.78, 5) is 34.9. The first-order valence-electron chi connectivity index (χ1n) is 8.21. The van der Waals surface area contributed by atoms with Crippen LogP contribution in [0, 0.1) is 24.0 Å². The highest BCUT2D eigenvalue weighted by Crippen LogP contribution is 2.28. The lowest BCUT2D eigenvalue weighted by Gasteiger charge is -2.29. The molecule has 8 nitrogen and oxygen atoms in total. The molecule has 0 unspecified atom stereocenters. The van der Waals surface area contributed by atoms with Crippen LogP contribution >= 0.6 is 0 Å². The molecule has 8 heteroatoms. The molecule has 1 aromatic heterocycles. The molecule has 0 spiro atoms. The van der Waals surface area contributed by atoms with Crippen molar-refractivity contribution >= 4 is 23.7 Å². The van der Waals surface area contributed by atoms with Crippen molar-refractivity contribution in [1.29, 1.82) is 0 Å². The lowest BCUT2D eigenvalue weighted by Crippen LogP contribution is -2.41. The van der Waals surface area contributed by atoms with Gasteiger partial charge in [-0.25, -0.2) is 9.59 Å². The zero-order valence-electron chi connectivity index (χ0n) is 15.3. The third-order valence-corrected chi connectivity index (χ3v) is 4.19. The molecule has 1 aromatic carbocycles. The van der Waals surface area contributed by atoms with Crippen molar-refractivity contribution in [3.05, 3.63) is 63.0 Å². The summed E-state index contributed by atoms with van der Waals surface area (Å²) < 4.78 is 12.0. The Morgan fingerprint density at radius 1 is 1.11 bits per heavy atom. The maximum Gasteiger partial charge on any atom is 0.348 e. The number of hydrogen-bond donors (Lipinski definition) is 0. The monoisotopic (exact) mass is 370 g/mol. The smallest absolute Gasteiger partial charge is 0.348 e. The molecule has 0 amide bonds. The number of nitro groups is 1. The minimum atomic E-state index is -1.30. The Labute approximate surface area is 155 Å². The van der Waals surface area contributed by atoms with Crippen LogP contribution in [-0.4, -0.2) is 27.2 Å². The van der Waals surface area contributed by atoms with Crippen LogP contribution < -0.4 is 0 Å². The van der Waals surface area contributed by atoms with Gasteiger partial charge in [0.25, 0.3) is 11.5 Å². The quantitative estimate of drug-likeness (QED) is 0.270. The van der Waals surface area contributed by atoms with Gasteiger partial charge in [0.2, 0.25) is 0 Å². The van der Waals surface area contributed by atoms with Crippen LogP contribution in [0.5, 0.6) is 0 Å². The number of benzene rings is 1. The van der Waals surface area contributed by atoms with Gasteiger partial charge in [0.1, 0.15) is 5.57 Å². The van der Waals surface area contributed by atoms with Crippen LogP contribution in [0.3, 0.4) is 0 Å². The van der Waals surface area contributed by atoms with Gasteiger partial charge in [0, 0.05) is 37.4 Å². The summed E-state index contributed by atoms with van der Waals surface area (Å²) in [6.07, 6.45) is 1.41. The number of esters is 2. The van der Waals surface area contributed by atoms with E-state index in [1.54, 1.807) is 25.1 Å². The zero-order valence-corrected chi connectivity index (χ0v) is 15.3. The molecule has 0 radical (unpaired) electrons. The molecule has 27 heavy (non-hydrogen) atoms. The standard InChI is InChI=1S/C19H18N2O6/c1-11-8-13(9-16-17(22)26-19(3,4)27-18(16)23)12(2)20(11)14-6-5-7-15(10-14)21(24)25/h5-10H,1-4H3. The fourth-order valence-electron chi connectivity index (χ4n) is 3.01. The molecule has 2 heterocycles. The SMILES string of the molecule is Cc1cc(C=C2C(=O)OC(C)(C)OC2=O)c(C)n1-c1cccc([N+](=O)[O-])c1. The van der Waals surface area contributed by atoms with Gasteiger partial charge in [-0.3, -0.25) is 10.1 Å². The number of ether oxygens (including phenoxy) is 2. The molecule has 1 aliphatic rings.